The summed E-state index contributed by atoms with van der Waals surface area (Å²) in [4.78, 5) is 12.6. The summed E-state index contributed by atoms with van der Waals surface area (Å²) in [6, 6.07) is 22.4. The summed E-state index contributed by atoms with van der Waals surface area (Å²) in [7, 11) is -2.19. The standard InChI is InChI=1S/C23H23N3O3S/c1-17-9-11-19(12-10-17)18(2)24-25-23(27)20-13-15-21(16-14-20)26(3)30(28,29)22-7-5-4-6-8-22/h4-16H,1-3H3,(H,25,27). The van der Waals surface area contributed by atoms with E-state index in [1.54, 1.807) is 54.6 Å². The van der Waals surface area contributed by atoms with Crippen LogP contribution >= 0.6 is 0 Å². The third-order valence-electron chi connectivity index (χ3n) is 4.69. The second kappa shape index (κ2) is 8.92. The van der Waals surface area contributed by atoms with Crippen molar-refractivity contribution in [3.63, 3.8) is 0 Å². The summed E-state index contributed by atoms with van der Waals surface area (Å²) in [5.74, 6) is -0.374. The van der Waals surface area contributed by atoms with Crippen molar-refractivity contribution in [3.8, 4) is 0 Å². The zero-order valence-corrected chi connectivity index (χ0v) is 17.8. The summed E-state index contributed by atoms with van der Waals surface area (Å²) in [5, 5.41) is 4.15. The Balaban J connectivity index is 1.71. The molecule has 0 bridgehead atoms. The minimum absolute atomic E-state index is 0.204. The van der Waals surface area contributed by atoms with Crippen molar-refractivity contribution in [2.45, 2.75) is 18.7 Å². The van der Waals surface area contributed by atoms with Gasteiger partial charge in [-0.2, -0.15) is 5.10 Å². The van der Waals surface area contributed by atoms with Crippen LogP contribution in [0.4, 0.5) is 5.69 Å². The van der Waals surface area contributed by atoms with Crippen LogP contribution in [0.1, 0.15) is 28.4 Å². The topological polar surface area (TPSA) is 78.8 Å². The van der Waals surface area contributed by atoms with E-state index in [2.05, 4.69) is 10.5 Å². The Hall–Kier alpha value is -3.45. The molecule has 6 nitrogen and oxygen atoms in total. The normalized spacial score (nSPS) is 11.8. The molecule has 0 saturated heterocycles. The lowest BCUT2D eigenvalue weighted by molar-refractivity contribution is 0.0955. The zero-order chi connectivity index (χ0) is 21.7. The van der Waals surface area contributed by atoms with Crippen LogP contribution in [-0.2, 0) is 10.0 Å². The number of hydrogen-bond donors (Lipinski definition) is 1. The first kappa shape index (κ1) is 21.3. The van der Waals surface area contributed by atoms with E-state index in [4.69, 9.17) is 0 Å². The molecular weight excluding hydrogens is 398 g/mol. The van der Waals surface area contributed by atoms with Gasteiger partial charge in [0.15, 0.2) is 0 Å². The summed E-state index contributed by atoms with van der Waals surface area (Å²) in [6.07, 6.45) is 0. The van der Waals surface area contributed by atoms with Gasteiger partial charge in [0, 0.05) is 12.6 Å². The number of hydrazone groups is 1. The van der Waals surface area contributed by atoms with Crippen molar-refractivity contribution in [2.75, 3.05) is 11.4 Å². The lowest BCUT2D eigenvalue weighted by Crippen LogP contribution is -2.26. The van der Waals surface area contributed by atoms with E-state index in [1.165, 1.54) is 11.4 Å². The Morgan fingerprint density at radius 1 is 0.867 bits per heavy atom. The summed E-state index contributed by atoms with van der Waals surface area (Å²) < 4.78 is 26.6. The molecule has 0 aromatic heterocycles. The number of anilines is 1. The van der Waals surface area contributed by atoms with E-state index in [1.807, 2.05) is 38.1 Å². The van der Waals surface area contributed by atoms with Gasteiger partial charge in [-0.15, -0.1) is 0 Å². The van der Waals surface area contributed by atoms with Crippen LogP contribution in [0, 0.1) is 6.92 Å². The first-order chi connectivity index (χ1) is 14.3. The maximum atomic E-state index is 12.7. The first-order valence-electron chi connectivity index (χ1n) is 9.35. The number of sulfonamides is 1. The molecule has 0 saturated carbocycles. The highest BCUT2D eigenvalue weighted by Crippen LogP contribution is 2.22. The van der Waals surface area contributed by atoms with Crippen molar-refractivity contribution in [2.24, 2.45) is 5.10 Å². The number of nitrogens with one attached hydrogen (secondary N) is 1. The van der Waals surface area contributed by atoms with Crippen molar-refractivity contribution in [1.29, 1.82) is 0 Å². The first-order valence-corrected chi connectivity index (χ1v) is 10.8. The van der Waals surface area contributed by atoms with Crippen molar-refractivity contribution in [3.05, 3.63) is 95.6 Å². The fraction of sp³-hybridized carbons (Fsp3) is 0.130. The highest BCUT2D eigenvalue weighted by molar-refractivity contribution is 7.92. The minimum Gasteiger partial charge on any atom is -0.269 e. The Bertz CT molecular complexity index is 1150. The van der Waals surface area contributed by atoms with Gasteiger partial charge in [-0.1, -0.05) is 48.0 Å². The minimum atomic E-state index is -3.67. The number of amides is 1. The molecule has 3 aromatic rings. The monoisotopic (exact) mass is 421 g/mol. The smallest absolute Gasteiger partial charge is 0.269 e. The third kappa shape index (κ3) is 4.75. The van der Waals surface area contributed by atoms with Crippen molar-refractivity contribution >= 4 is 27.3 Å². The van der Waals surface area contributed by atoms with Crippen LogP contribution in [0.5, 0.6) is 0 Å². The predicted octanol–water partition coefficient (Wildman–Crippen LogP) is 3.97. The van der Waals surface area contributed by atoms with E-state index in [0.717, 1.165) is 11.1 Å². The second-order valence-electron chi connectivity index (χ2n) is 6.84. The van der Waals surface area contributed by atoms with E-state index < -0.39 is 10.0 Å². The van der Waals surface area contributed by atoms with Gasteiger partial charge in [0.2, 0.25) is 0 Å². The van der Waals surface area contributed by atoms with Crippen LogP contribution in [0.3, 0.4) is 0 Å². The van der Waals surface area contributed by atoms with Gasteiger partial charge in [-0.05, 0) is 55.8 Å². The number of nitrogens with zero attached hydrogens (tertiary/aromatic N) is 2. The van der Waals surface area contributed by atoms with Gasteiger partial charge in [0.1, 0.15) is 0 Å². The van der Waals surface area contributed by atoms with Crippen molar-refractivity contribution < 1.29 is 13.2 Å². The average molecular weight is 422 g/mol. The zero-order valence-electron chi connectivity index (χ0n) is 17.0. The Morgan fingerprint density at radius 2 is 1.43 bits per heavy atom. The molecule has 7 heteroatoms. The number of aryl methyl sites for hydroxylation is 1. The lowest BCUT2D eigenvalue weighted by Gasteiger charge is -2.19. The molecule has 0 unspecified atom stereocenters. The Labute approximate surface area is 176 Å². The summed E-state index contributed by atoms with van der Waals surface area (Å²) >= 11 is 0. The molecule has 1 amide bonds. The van der Waals surface area contributed by atoms with E-state index in [-0.39, 0.29) is 10.8 Å². The van der Waals surface area contributed by atoms with Crippen LogP contribution in [-0.4, -0.2) is 27.1 Å². The SMILES string of the molecule is CC(=NNC(=O)c1ccc(N(C)S(=O)(=O)c2ccccc2)cc1)c1ccc(C)cc1. The van der Waals surface area contributed by atoms with Gasteiger partial charge < -0.3 is 0 Å². The fourth-order valence-corrected chi connectivity index (χ4v) is 3.99. The molecule has 1 N–H and O–H groups in total. The molecule has 0 spiro atoms. The molecule has 0 radical (unpaired) electrons. The third-order valence-corrected chi connectivity index (χ3v) is 6.49. The van der Waals surface area contributed by atoms with Gasteiger partial charge in [-0.3, -0.25) is 9.10 Å². The molecule has 154 valence electrons. The van der Waals surface area contributed by atoms with Crippen LogP contribution in [0.25, 0.3) is 0 Å². The maximum absolute atomic E-state index is 12.7. The number of hydrogen-bond acceptors (Lipinski definition) is 4. The molecule has 0 fully saturated rings. The van der Waals surface area contributed by atoms with Crippen LogP contribution < -0.4 is 9.73 Å². The van der Waals surface area contributed by atoms with Crippen molar-refractivity contribution in [1.82, 2.24) is 5.43 Å². The largest absolute Gasteiger partial charge is 0.271 e. The fourth-order valence-electron chi connectivity index (χ4n) is 2.77. The molecule has 0 atom stereocenters. The molecule has 0 aliphatic heterocycles. The highest BCUT2D eigenvalue weighted by Gasteiger charge is 2.21. The predicted molar refractivity (Wildman–Crippen MR) is 119 cm³/mol. The maximum Gasteiger partial charge on any atom is 0.271 e. The summed E-state index contributed by atoms with van der Waals surface area (Å²) in [6.45, 7) is 3.82. The molecule has 0 aliphatic carbocycles. The lowest BCUT2D eigenvalue weighted by atomic mass is 10.1. The van der Waals surface area contributed by atoms with E-state index >= 15 is 0 Å². The average Bonchev–Trinajstić information content (AvgIpc) is 2.78. The van der Waals surface area contributed by atoms with E-state index in [0.29, 0.717) is 17.0 Å². The molecule has 30 heavy (non-hydrogen) atoms. The molecule has 3 rings (SSSR count). The number of carbonyl (C=O) groups is 1. The second-order valence-corrected chi connectivity index (χ2v) is 8.81. The molecule has 0 heterocycles. The van der Waals surface area contributed by atoms with Gasteiger partial charge in [-0.25, -0.2) is 13.8 Å². The number of carbonyl (C=O) groups excluding carboxylic acids is 1. The number of benzene rings is 3. The molecular formula is C23H23N3O3S. The molecule has 0 aliphatic rings. The van der Waals surface area contributed by atoms with Crippen LogP contribution in [0.2, 0.25) is 0 Å². The Morgan fingerprint density at radius 3 is 2.03 bits per heavy atom. The van der Waals surface area contributed by atoms with Gasteiger partial charge in [0.25, 0.3) is 15.9 Å². The van der Waals surface area contributed by atoms with Gasteiger partial charge >= 0.3 is 0 Å². The molecule has 3 aromatic carbocycles. The van der Waals surface area contributed by atoms with E-state index in [9.17, 15) is 13.2 Å². The number of rotatable bonds is 6. The quantitative estimate of drug-likeness (QED) is 0.483. The Kier molecular flexibility index (Phi) is 6.32. The van der Waals surface area contributed by atoms with Crippen LogP contribution in [0.15, 0.2) is 88.9 Å². The highest BCUT2D eigenvalue weighted by atomic mass is 32.2. The van der Waals surface area contributed by atoms with Gasteiger partial charge in [0.05, 0.1) is 16.3 Å². The summed E-state index contributed by atoms with van der Waals surface area (Å²) in [5.41, 5.74) is 6.12.